The van der Waals surface area contributed by atoms with Gasteiger partial charge in [0.15, 0.2) is 9.84 Å². The SMILES string of the molecule is CCCS(=O)(=O)CCNC1CC1c1ccccc1. The predicted molar refractivity (Wildman–Crippen MR) is 74.5 cm³/mol. The average molecular weight is 267 g/mol. The van der Waals surface area contributed by atoms with Gasteiger partial charge in [0.25, 0.3) is 0 Å². The summed E-state index contributed by atoms with van der Waals surface area (Å²) in [5, 5.41) is 3.34. The van der Waals surface area contributed by atoms with Crippen molar-refractivity contribution in [2.75, 3.05) is 18.1 Å². The van der Waals surface area contributed by atoms with E-state index in [4.69, 9.17) is 0 Å². The molecule has 0 heterocycles. The van der Waals surface area contributed by atoms with Crippen LogP contribution in [0.2, 0.25) is 0 Å². The van der Waals surface area contributed by atoms with E-state index in [9.17, 15) is 8.42 Å². The van der Waals surface area contributed by atoms with E-state index >= 15 is 0 Å². The molecule has 0 aromatic heterocycles. The molecule has 0 spiro atoms. The summed E-state index contributed by atoms with van der Waals surface area (Å²) in [6, 6.07) is 10.9. The average Bonchev–Trinajstić information content (AvgIpc) is 3.09. The number of hydrogen-bond donors (Lipinski definition) is 1. The van der Waals surface area contributed by atoms with Crippen LogP contribution in [0.3, 0.4) is 0 Å². The van der Waals surface area contributed by atoms with Gasteiger partial charge in [-0.3, -0.25) is 0 Å². The van der Waals surface area contributed by atoms with Crippen LogP contribution >= 0.6 is 0 Å². The molecule has 4 heteroatoms. The van der Waals surface area contributed by atoms with Crippen LogP contribution in [-0.2, 0) is 9.84 Å². The summed E-state index contributed by atoms with van der Waals surface area (Å²) in [6.07, 6.45) is 1.83. The zero-order valence-corrected chi connectivity index (χ0v) is 11.6. The zero-order chi connectivity index (χ0) is 13.0. The third kappa shape index (κ3) is 3.82. The van der Waals surface area contributed by atoms with Crippen LogP contribution in [0.1, 0.15) is 31.2 Å². The van der Waals surface area contributed by atoms with Crippen molar-refractivity contribution in [1.29, 1.82) is 0 Å². The van der Waals surface area contributed by atoms with Gasteiger partial charge < -0.3 is 5.32 Å². The van der Waals surface area contributed by atoms with Crippen molar-refractivity contribution in [3.05, 3.63) is 35.9 Å². The Morgan fingerprint density at radius 2 is 1.94 bits per heavy atom. The molecule has 1 aromatic rings. The van der Waals surface area contributed by atoms with Gasteiger partial charge in [-0.15, -0.1) is 0 Å². The second-order valence-electron chi connectivity index (χ2n) is 4.97. The molecule has 3 nitrogen and oxygen atoms in total. The molecular formula is C14H21NO2S. The number of rotatable bonds is 7. The lowest BCUT2D eigenvalue weighted by atomic mass is 10.1. The van der Waals surface area contributed by atoms with E-state index in [1.807, 2.05) is 13.0 Å². The molecular weight excluding hydrogens is 246 g/mol. The van der Waals surface area contributed by atoms with Gasteiger partial charge in [-0.05, 0) is 18.4 Å². The molecule has 1 N–H and O–H groups in total. The van der Waals surface area contributed by atoms with Crippen molar-refractivity contribution in [2.24, 2.45) is 0 Å². The van der Waals surface area contributed by atoms with Crippen molar-refractivity contribution >= 4 is 9.84 Å². The van der Waals surface area contributed by atoms with Gasteiger partial charge >= 0.3 is 0 Å². The Hall–Kier alpha value is -0.870. The quantitative estimate of drug-likeness (QED) is 0.821. The molecule has 1 aliphatic rings. The first-order chi connectivity index (χ1) is 8.62. The predicted octanol–water partition coefficient (Wildman–Crippen LogP) is 1.96. The monoisotopic (exact) mass is 267 g/mol. The second-order valence-corrected chi connectivity index (χ2v) is 7.27. The van der Waals surface area contributed by atoms with E-state index in [-0.39, 0.29) is 5.75 Å². The molecule has 100 valence electrons. The van der Waals surface area contributed by atoms with Crippen LogP contribution in [0.15, 0.2) is 30.3 Å². The minimum absolute atomic E-state index is 0.263. The minimum Gasteiger partial charge on any atom is -0.312 e. The first-order valence-corrected chi connectivity index (χ1v) is 8.43. The Kier molecular flexibility index (Phi) is 4.40. The summed E-state index contributed by atoms with van der Waals surface area (Å²) in [6.45, 7) is 2.48. The Morgan fingerprint density at radius 3 is 2.61 bits per heavy atom. The van der Waals surface area contributed by atoms with Crippen LogP contribution in [-0.4, -0.2) is 32.5 Å². The van der Waals surface area contributed by atoms with E-state index in [0.29, 0.717) is 30.7 Å². The zero-order valence-electron chi connectivity index (χ0n) is 10.8. The van der Waals surface area contributed by atoms with Crippen LogP contribution in [0.4, 0.5) is 0 Å². The first-order valence-electron chi connectivity index (χ1n) is 6.61. The highest BCUT2D eigenvalue weighted by atomic mass is 32.2. The van der Waals surface area contributed by atoms with Gasteiger partial charge in [0.1, 0.15) is 0 Å². The van der Waals surface area contributed by atoms with Gasteiger partial charge in [0, 0.05) is 24.3 Å². The maximum Gasteiger partial charge on any atom is 0.151 e. The van der Waals surface area contributed by atoms with Crippen LogP contribution in [0.25, 0.3) is 0 Å². The molecule has 0 aliphatic heterocycles. The Balaban J connectivity index is 1.72. The number of hydrogen-bond acceptors (Lipinski definition) is 3. The summed E-state index contributed by atoms with van der Waals surface area (Å²) in [7, 11) is -2.84. The molecule has 0 radical (unpaired) electrons. The van der Waals surface area contributed by atoms with Crippen molar-refractivity contribution in [3.63, 3.8) is 0 Å². The molecule has 0 saturated heterocycles. The van der Waals surface area contributed by atoms with Gasteiger partial charge in [-0.25, -0.2) is 8.42 Å². The van der Waals surface area contributed by atoms with E-state index in [1.165, 1.54) is 5.56 Å². The fourth-order valence-electron chi connectivity index (χ4n) is 2.30. The van der Waals surface area contributed by atoms with Crippen LogP contribution in [0.5, 0.6) is 0 Å². The summed E-state index contributed by atoms with van der Waals surface area (Å²) in [5.41, 5.74) is 1.35. The van der Waals surface area contributed by atoms with Gasteiger partial charge in [-0.2, -0.15) is 0 Å². The fourth-order valence-corrected chi connectivity index (χ4v) is 3.56. The summed E-state index contributed by atoms with van der Waals surface area (Å²) in [5.74, 6) is 1.14. The number of sulfone groups is 1. The van der Waals surface area contributed by atoms with Crippen molar-refractivity contribution in [3.8, 4) is 0 Å². The molecule has 18 heavy (non-hydrogen) atoms. The summed E-state index contributed by atoms with van der Waals surface area (Å²) in [4.78, 5) is 0. The largest absolute Gasteiger partial charge is 0.312 e. The highest BCUT2D eigenvalue weighted by Crippen LogP contribution is 2.40. The van der Waals surface area contributed by atoms with Crippen LogP contribution < -0.4 is 5.32 Å². The Labute approximate surface area is 110 Å². The highest BCUT2D eigenvalue weighted by molar-refractivity contribution is 7.91. The van der Waals surface area contributed by atoms with Gasteiger partial charge in [0.05, 0.1) is 5.75 Å². The van der Waals surface area contributed by atoms with E-state index in [2.05, 4.69) is 29.6 Å². The molecule has 2 unspecified atom stereocenters. The lowest BCUT2D eigenvalue weighted by molar-refractivity contribution is 0.588. The van der Waals surface area contributed by atoms with E-state index in [0.717, 1.165) is 6.42 Å². The molecule has 0 bridgehead atoms. The maximum absolute atomic E-state index is 11.5. The van der Waals surface area contributed by atoms with Crippen molar-refractivity contribution < 1.29 is 8.42 Å². The molecule has 1 aliphatic carbocycles. The molecule has 2 atom stereocenters. The van der Waals surface area contributed by atoms with Crippen LogP contribution in [0, 0.1) is 0 Å². The number of benzene rings is 1. The van der Waals surface area contributed by atoms with Crippen molar-refractivity contribution in [1.82, 2.24) is 5.32 Å². The third-order valence-electron chi connectivity index (χ3n) is 3.35. The molecule has 2 rings (SSSR count). The third-order valence-corrected chi connectivity index (χ3v) is 5.21. The lowest BCUT2D eigenvalue weighted by Gasteiger charge is -2.05. The topological polar surface area (TPSA) is 46.2 Å². The standard InChI is InChI=1S/C14H21NO2S/c1-2-9-18(16,17)10-8-15-14-11-13(14)12-6-4-3-5-7-12/h3-7,13-15H,2,8-11H2,1H3. The normalized spacial score (nSPS) is 22.9. The van der Waals surface area contributed by atoms with Gasteiger partial charge in [0.2, 0.25) is 0 Å². The smallest absolute Gasteiger partial charge is 0.151 e. The first kappa shape index (κ1) is 13.6. The summed E-state index contributed by atoms with van der Waals surface area (Å²) < 4.78 is 23.1. The van der Waals surface area contributed by atoms with Gasteiger partial charge in [-0.1, -0.05) is 37.3 Å². The fraction of sp³-hybridized carbons (Fsp3) is 0.571. The van der Waals surface area contributed by atoms with E-state index in [1.54, 1.807) is 0 Å². The second kappa shape index (κ2) is 5.85. The minimum atomic E-state index is -2.84. The van der Waals surface area contributed by atoms with Crippen molar-refractivity contribution in [2.45, 2.75) is 31.7 Å². The Morgan fingerprint density at radius 1 is 1.22 bits per heavy atom. The molecule has 1 fully saturated rings. The maximum atomic E-state index is 11.5. The lowest BCUT2D eigenvalue weighted by Crippen LogP contribution is -2.26. The molecule has 0 amide bonds. The highest BCUT2D eigenvalue weighted by Gasteiger charge is 2.37. The number of nitrogens with one attached hydrogen (secondary N) is 1. The molecule has 1 aromatic carbocycles. The Bertz CT molecular complexity index is 470. The molecule has 1 saturated carbocycles. The summed E-state index contributed by atoms with van der Waals surface area (Å²) >= 11 is 0. The van der Waals surface area contributed by atoms with E-state index < -0.39 is 9.84 Å².